The Morgan fingerprint density at radius 1 is 1.06 bits per heavy atom. The Morgan fingerprint density at radius 3 is 2.50 bits per heavy atom. The molecular formula is C12H11ClN2O. The number of rotatable bonds is 2. The SMILES string of the molecule is Cc1ccc(Oc2nccnc2Cl)cc1C. The van der Waals surface area contributed by atoms with E-state index in [-0.39, 0.29) is 5.15 Å². The van der Waals surface area contributed by atoms with E-state index in [9.17, 15) is 0 Å². The van der Waals surface area contributed by atoms with Gasteiger partial charge in [-0.05, 0) is 37.1 Å². The van der Waals surface area contributed by atoms with E-state index in [0.717, 1.165) is 5.56 Å². The average molecular weight is 235 g/mol. The fourth-order valence-electron chi connectivity index (χ4n) is 1.27. The Balaban J connectivity index is 2.28. The van der Waals surface area contributed by atoms with Gasteiger partial charge in [0.1, 0.15) is 5.75 Å². The number of halogens is 1. The third-order valence-electron chi connectivity index (χ3n) is 2.32. The van der Waals surface area contributed by atoms with Crippen molar-refractivity contribution in [2.75, 3.05) is 0 Å². The van der Waals surface area contributed by atoms with Crippen molar-refractivity contribution >= 4 is 11.6 Å². The standard InChI is InChI=1S/C12H11ClN2O/c1-8-3-4-10(7-9(8)2)16-12-11(13)14-5-6-15-12/h3-7H,1-2H3. The van der Waals surface area contributed by atoms with Crippen molar-refractivity contribution in [2.24, 2.45) is 0 Å². The molecule has 0 atom stereocenters. The monoisotopic (exact) mass is 234 g/mol. The average Bonchev–Trinajstić information content (AvgIpc) is 2.27. The summed E-state index contributed by atoms with van der Waals surface area (Å²) in [7, 11) is 0. The molecule has 1 aromatic carbocycles. The van der Waals surface area contributed by atoms with E-state index in [0.29, 0.717) is 11.6 Å². The lowest BCUT2D eigenvalue weighted by Gasteiger charge is -2.07. The molecule has 0 fully saturated rings. The van der Waals surface area contributed by atoms with E-state index < -0.39 is 0 Å². The van der Waals surface area contributed by atoms with Crippen molar-refractivity contribution < 1.29 is 4.74 Å². The van der Waals surface area contributed by atoms with E-state index in [4.69, 9.17) is 16.3 Å². The van der Waals surface area contributed by atoms with Gasteiger partial charge in [-0.15, -0.1) is 0 Å². The van der Waals surface area contributed by atoms with Gasteiger partial charge in [0.25, 0.3) is 5.88 Å². The molecule has 1 aromatic heterocycles. The Labute approximate surface area is 99.1 Å². The van der Waals surface area contributed by atoms with Crippen LogP contribution in [0.1, 0.15) is 11.1 Å². The fourth-order valence-corrected chi connectivity index (χ4v) is 1.41. The molecule has 0 aliphatic rings. The van der Waals surface area contributed by atoms with Crippen molar-refractivity contribution in [1.82, 2.24) is 9.97 Å². The maximum Gasteiger partial charge on any atom is 0.257 e. The molecule has 16 heavy (non-hydrogen) atoms. The predicted octanol–water partition coefficient (Wildman–Crippen LogP) is 3.54. The minimum absolute atomic E-state index is 0.265. The van der Waals surface area contributed by atoms with E-state index in [2.05, 4.69) is 16.9 Å². The van der Waals surface area contributed by atoms with Crippen molar-refractivity contribution in [2.45, 2.75) is 13.8 Å². The van der Waals surface area contributed by atoms with Crippen LogP contribution in [0.3, 0.4) is 0 Å². The van der Waals surface area contributed by atoms with E-state index in [1.165, 1.54) is 11.8 Å². The summed E-state index contributed by atoms with van der Waals surface area (Å²) >= 11 is 5.85. The van der Waals surface area contributed by atoms with Crippen LogP contribution in [0.4, 0.5) is 0 Å². The predicted molar refractivity (Wildman–Crippen MR) is 63.0 cm³/mol. The molecular weight excluding hydrogens is 224 g/mol. The molecule has 0 N–H and O–H groups in total. The number of nitrogens with zero attached hydrogens (tertiary/aromatic N) is 2. The second-order valence-corrected chi connectivity index (χ2v) is 3.86. The Hall–Kier alpha value is -1.61. The molecule has 0 saturated carbocycles. The molecule has 0 radical (unpaired) electrons. The van der Waals surface area contributed by atoms with Gasteiger partial charge in [-0.25, -0.2) is 9.97 Å². The maximum atomic E-state index is 5.85. The van der Waals surface area contributed by atoms with Crippen LogP contribution in [0.5, 0.6) is 11.6 Å². The topological polar surface area (TPSA) is 35.0 Å². The molecule has 0 aliphatic carbocycles. The fraction of sp³-hybridized carbons (Fsp3) is 0.167. The van der Waals surface area contributed by atoms with Gasteiger partial charge >= 0.3 is 0 Å². The highest BCUT2D eigenvalue weighted by Gasteiger charge is 2.05. The lowest BCUT2D eigenvalue weighted by Crippen LogP contribution is -1.91. The zero-order valence-corrected chi connectivity index (χ0v) is 9.82. The number of benzene rings is 1. The summed E-state index contributed by atoms with van der Waals surface area (Å²) < 4.78 is 5.54. The van der Waals surface area contributed by atoms with Crippen LogP contribution in [-0.2, 0) is 0 Å². The van der Waals surface area contributed by atoms with E-state index in [1.54, 1.807) is 6.20 Å². The molecule has 0 bridgehead atoms. The van der Waals surface area contributed by atoms with Gasteiger partial charge in [-0.1, -0.05) is 17.7 Å². The van der Waals surface area contributed by atoms with Crippen LogP contribution in [0.2, 0.25) is 5.15 Å². The quantitative estimate of drug-likeness (QED) is 0.797. The first-order chi connectivity index (χ1) is 7.66. The smallest absolute Gasteiger partial charge is 0.257 e. The molecule has 3 nitrogen and oxygen atoms in total. The summed E-state index contributed by atoms with van der Waals surface area (Å²) in [4.78, 5) is 7.90. The molecule has 1 heterocycles. The second-order valence-electron chi connectivity index (χ2n) is 3.50. The van der Waals surface area contributed by atoms with Gasteiger partial charge in [0.2, 0.25) is 0 Å². The zero-order valence-electron chi connectivity index (χ0n) is 9.07. The highest BCUT2D eigenvalue weighted by molar-refractivity contribution is 6.30. The first kappa shape index (κ1) is 10.9. The highest BCUT2D eigenvalue weighted by Crippen LogP contribution is 2.25. The zero-order chi connectivity index (χ0) is 11.5. The molecule has 82 valence electrons. The van der Waals surface area contributed by atoms with Gasteiger partial charge in [0.15, 0.2) is 5.15 Å². The van der Waals surface area contributed by atoms with Crippen LogP contribution < -0.4 is 4.74 Å². The van der Waals surface area contributed by atoms with E-state index >= 15 is 0 Å². The Bertz CT molecular complexity index is 514. The van der Waals surface area contributed by atoms with Crippen LogP contribution in [-0.4, -0.2) is 9.97 Å². The van der Waals surface area contributed by atoms with Crippen LogP contribution in [0.15, 0.2) is 30.6 Å². The molecule has 0 amide bonds. The third-order valence-corrected chi connectivity index (χ3v) is 2.57. The summed E-state index contributed by atoms with van der Waals surface area (Å²) in [6, 6.07) is 5.82. The van der Waals surface area contributed by atoms with Crippen molar-refractivity contribution in [3.05, 3.63) is 46.9 Å². The normalized spacial score (nSPS) is 10.2. The number of hydrogen-bond acceptors (Lipinski definition) is 3. The first-order valence-corrected chi connectivity index (χ1v) is 5.26. The van der Waals surface area contributed by atoms with Crippen LogP contribution in [0.25, 0.3) is 0 Å². The number of aromatic nitrogens is 2. The molecule has 2 aromatic rings. The lowest BCUT2D eigenvalue weighted by molar-refractivity contribution is 0.460. The number of ether oxygens (including phenoxy) is 1. The van der Waals surface area contributed by atoms with E-state index in [1.807, 2.05) is 25.1 Å². The van der Waals surface area contributed by atoms with Gasteiger partial charge in [0, 0.05) is 12.4 Å². The Morgan fingerprint density at radius 2 is 1.81 bits per heavy atom. The number of hydrogen-bond donors (Lipinski definition) is 0. The molecule has 0 aliphatic heterocycles. The highest BCUT2D eigenvalue weighted by atomic mass is 35.5. The third kappa shape index (κ3) is 2.31. The van der Waals surface area contributed by atoms with Gasteiger partial charge in [-0.3, -0.25) is 0 Å². The maximum absolute atomic E-state index is 5.85. The summed E-state index contributed by atoms with van der Waals surface area (Å²) in [5.41, 5.74) is 2.38. The lowest BCUT2D eigenvalue weighted by atomic mass is 10.1. The molecule has 0 spiro atoms. The van der Waals surface area contributed by atoms with Crippen LogP contribution in [0, 0.1) is 13.8 Å². The first-order valence-electron chi connectivity index (χ1n) is 4.88. The molecule has 0 unspecified atom stereocenters. The van der Waals surface area contributed by atoms with Crippen LogP contribution >= 0.6 is 11.6 Å². The minimum atomic E-state index is 0.265. The summed E-state index contributed by atoms with van der Waals surface area (Å²) in [6.45, 7) is 4.08. The summed E-state index contributed by atoms with van der Waals surface area (Å²) in [6.07, 6.45) is 3.07. The Kier molecular flexibility index (Phi) is 3.06. The molecule has 2 rings (SSSR count). The van der Waals surface area contributed by atoms with Crippen molar-refractivity contribution in [1.29, 1.82) is 0 Å². The van der Waals surface area contributed by atoms with Gasteiger partial charge in [-0.2, -0.15) is 0 Å². The van der Waals surface area contributed by atoms with Gasteiger partial charge < -0.3 is 4.74 Å². The summed E-state index contributed by atoms with van der Waals surface area (Å²) in [5.74, 6) is 1.04. The molecule has 0 saturated heterocycles. The summed E-state index contributed by atoms with van der Waals surface area (Å²) in [5, 5.41) is 0.265. The van der Waals surface area contributed by atoms with Crippen molar-refractivity contribution in [3.63, 3.8) is 0 Å². The number of aryl methyl sites for hydroxylation is 2. The van der Waals surface area contributed by atoms with Gasteiger partial charge in [0.05, 0.1) is 0 Å². The molecule has 4 heteroatoms. The largest absolute Gasteiger partial charge is 0.436 e. The second kappa shape index (κ2) is 4.49. The van der Waals surface area contributed by atoms with Crippen molar-refractivity contribution in [3.8, 4) is 11.6 Å². The minimum Gasteiger partial charge on any atom is -0.436 e.